The van der Waals surface area contributed by atoms with Gasteiger partial charge in [0.15, 0.2) is 0 Å². The topological polar surface area (TPSA) is 488 Å². The third-order valence-electron chi connectivity index (χ3n) is 19.0. The molecule has 5 aliphatic heterocycles. The number of nitrogens with zero attached hydrogens (tertiary/aromatic N) is 13. The Morgan fingerprint density at radius 3 is 1.32 bits per heavy atom. The maximum absolute atomic E-state index is 12.4. The first-order valence-electron chi connectivity index (χ1n) is 38.9. The third-order valence-corrected chi connectivity index (χ3v) is 19.0. The number of carbonyl (C=O) groups excluding carboxylic acids is 8. The standard InChI is InChI=1S/C25H25N5O4.C23H24N8O3.C19H18N8O2.C19H17N7O2/c1-3-22(31)28-19-6-4-5-18(14-19)27-21-13-16-15-26-25(32)23(16)24(30-21)29-17-7-9-20(10-8-17)34-12-11-33-2;1-2-19(32)26-14-4-3-5-15(10-14)28-23-29-18-12-24-22(33)20(18)21(30-23)27-16-11-25-31(13-16)17-6-8-34-9-7-17;1-3-15(28)22-11-5-4-6-12(7-11)24-19-25-14-9-20-18(29)16(14)17(26-19)23-13-8-21-27(2)10-13;1-3-15(27)22-12-5-4-6-13(7-12)23-19-24-14-9-20-18(28)16(14)17(25-19)11-8-21-26(2)10-11/h3-10,13-14H,1,11-12,15H2,2H3,(H,26,32)(H,28,31)(H2,27,29,30);2-5,10-11,13,17H,1,6-9,12H2,(H,24,33)(H,26,32)(H2,27,28,29,30);3-8,10H,1,9H2,2H3,(H,20,29)(H,22,28)(H2,23,24,25,26);3-8,10H,1,9H2,2H3,(H,20,28)(H,22,27)(H,23,24,25). The van der Waals surface area contributed by atoms with E-state index in [0.717, 1.165) is 60.0 Å². The van der Waals surface area contributed by atoms with Gasteiger partial charge in [-0.05, 0) is 146 Å². The van der Waals surface area contributed by atoms with Gasteiger partial charge in [0.1, 0.15) is 46.8 Å². The zero-order valence-corrected chi connectivity index (χ0v) is 67.7. The Hall–Kier alpha value is -16.8. The van der Waals surface area contributed by atoms with Crippen molar-refractivity contribution in [3.8, 4) is 17.0 Å². The van der Waals surface area contributed by atoms with Crippen molar-refractivity contribution in [2.45, 2.75) is 45.1 Å². The lowest BCUT2D eigenvalue weighted by atomic mass is 10.1. The van der Waals surface area contributed by atoms with Crippen LogP contribution in [0.15, 0.2) is 215 Å². The Kier molecular flexibility index (Phi) is 26.6. The minimum Gasteiger partial charge on any atom is -0.491 e. The van der Waals surface area contributed by atoms with Gasteiger partial charge in [0.25, 0.3) is 23.6 Å². The van der Waals surface area contributed by atoms with Crippen LogP contribution in [0.3, 0.4) is 0 Å². The van der Waals surface area contributed by atoms with Crippen LogP contribution in [-0.4, -0.2) is 145 Å². The van der Waals surface area contributed by atoms with Gasteiger partial charge in [-0.3, -0.25) is 52.4 Å². The summed E-state index contributed by atoms with van der Waals surface area (Å²) in [5.41, 5.74) is 13.1. The van der Waals surface area contributed by atoms with E-state index in [-0.39, 0.29) is 53.3 Å². The number of rotatable bonds is 28. The van der Waals surface area contributed by atoms with Crippen LogP contribution >= 0.6 is 0 Å². The molecule has 0 spiro atoms. The monoisotopic (exact) mass is 1680 g/mol. The molecule has 0 radical (unpaired) electrons. The molecule has 634 valence electrons. The molecule has 7 aromatic heterocycles. The van der Waals surface area contributed by atoms with Crippen molar-refractivity contribution in [3.63, 3.8) is 0 Å². The Labute approximate surface area is 713 Å². The molecule has 1 saturated heterocycles. The van der Waals surface area contributed by atoms with Crippen LogP contribution in [0.25, 0.3) is 11.3 Å². The molecule has 12 heterocycles. The van der Waals surface area contributed by atoms with Crippen LogP contribution in [0.2, 0.25) is 0 Å². The van der Waals surface area contributed by atoms with Crippen LogP contribution in [-0.2, 0) is 68.9 Å². The smallest absolute Gasteiger partial charge is 0.257 e. The molecule has 0 bridgehead atoms. The maximum atomic E-state index is 12.4. The molecule has 39 nitrogen and oxygen atoms in total. The van der Waals surface area contributed by atoms with Crippen molar-refractivity contribution in [2.75, 3.05) is 92.0 Å². The van der Waals surface area contributed by atoms with Gasteiger partial charge < -0.3 is 94.0 Å². The number of aromatic nitrogens is 13. The fourth-order valence-corrected chi connectivity index (χ4v) is 13.2. The number of carbonyl (C=O) groups is 8. The number of anilines is 18. The van der Waals surface area contributed by atoms with E-state index < -0.39 is 0 Å². The molecule has 1 fully saturated rings. The van der Waals surface area contributed by atoms with E-state index in [4.69, 9.17) is 14.2 Å². The van der Waals surface area contributed by atoms with E-state index in [0.29, 0.717) is 171 Å². The van der Waals surface area contributed by atoms with Crippen LogP contribution in [0, 0.1) is 0 Å². The molecule has 125 heavy (non-hydrogen) atoms. The zero-order chi connectivity index (χ0) is 87.5. The highest BCUT2D eigenvalue weighted by molar-refractivity contribution is 6.07. The SMILES string of the molecule is C=CC(=O)Nc1cccc(Nc2cc3c(c(Nc4ccc(OCCOC)cc4)n2)C(=O)NC3)c1.C=CC(=O)Nc1cccc(Nc2nc3c(c(-c4cnn(C)c4)n2)C(=O)NC3)c1.C=CC(=O)Nc1cccc(Nc2nc3c(c(Nc4cnn(C)c4)n2)C(=O)NC3)c1.C=CC(=O)Nc1cccc(Nc2nc3c(c(Nc4cnn(C5CCOCC5)c4)n2)C(=O)NC3)c1. The van der Waals surface area contributed by atoms with Gasteiger partial charge in [-0.2, -0.15) is 25.3 Å². The van der Waals surface area contributed by atoms with Gasteiger partial charge >= 0.3 is 0 Å². The fourth-order valence-electron chi connectivity index (χ4n) is 13.2. The molecule has 0 unspecified atom stereocenters. The molecule has 12 aromatic rings. The van der Waals surface area contributed by atoms with E-state index >= 15 is 0 Å². The van der Waals surface area contributed by atoms with Gasteiger partial charge in [-0.15, -0.1) is 0 Å². The summed E-state index contributed by atoms with van der Waals surface area (Å²) in [4.78, 5) is 127. The Morgan fingerprint density at radius 1 is 0.432 bits per heavy atom. The number of benzene rings is 5. The second kappa shape index (κ2) is 39.4. The van der Waals surface area contributed by atoms with Crippen LogP contribution in [0.5, 0.6) is 5.75 Å². The average molecular weight is 1690 g/mol. The Bertz CT molecular complexity index is 6160. The first-order valence-corrected chi connectivity index (χ1v) is 38.9. The van der Waals surface area contributed by atoms with Gasteiger partial charge in [0.2, 0.25) is 41.5 Å². The molecule has 15 N–H and O–H groups in total. The first-order chi connectivity index (χ1) is 60.7. The Morgan fingerprint density at radius 2 is 0.848 bits per heavy atom. The van der Waals surface area contributed by atoms with E-state index in [1.54, 1.807) is 128 Å². The number of amides is 8. The number of hydrogen-bond acceptors (Lipinski definition) is 28. The van der Waals surface area contributed by atoms with Crippen LogP contribution in [0.4, 0.5) is 104 Å². The van der Waals surface area contributed by atoms with Gasteiger partial charge in [-0.25, -0.2) is 24.9 Å². The van der Waals surface area contributed by atoms with E-state index in [9.17, 15) is 38.4 Å². The lowest BCUT2D eigenvalue weighted by molar-refractivity contribution is -0.112. The Balaban J connectivity index is 0.000000136. The number of pyridine rings is 1. The van der Waals surface area contributed by atoms with Crippen molar-refractivity contribution < 1.29 is 52.6 Å². The summed E-state index contributed by atoms with van der Waals surface area (Å²) < 4.78 is 21.2. The number of nitrogens with one attached hydrogen (secondary N) is 15. The number of methoxy groups -OCH3 is 1. The van der Waals surface area contributed by atoms with Gasteiger partial charge in [0.05, 0.1) is 96.2 Å². The van der Waals surface area contributed by atoms with E-state index in [1.165, 1.54) is 24.3 Å². The summed E-state index contributed by atoms with van der Waals surface area (Å²) in [5.74, 6) is 1.46. The van der Waals surface area contributed by atoms with Crippen molar-refractivity contribution in [1.82, 2.24) is 85.5 Å². The maximum Gasteiger partial charge on any atom is 0.257 e. The summed E-state index contributed by atoms with van der Waals surface area (Å²) in [6, 6.07) is 38.1. The van der Waals surface area contributed by atoms with Crippen LogP contribution in [0.1, 0.15) is 83.0 Å². The fraction of sp³-hybridized carbons (Fsp3) is 0.163. The summed E-state index contributed by atoms with van der Waals surface area (Å²) in [7, 11) is 5.22. The molecular weight excluding hydrogens is 1600 g/mol. The average Bonchev–Trinajstić information content (AvgIpc) is 1.25. The predicted molar refractivity (Wildman–Crippen MR) is 470 cm³/mol. The largest absolute Gasteiger partial charge is 0.491 e. The third kappa shape index (κ3) is 21.8. The minimum absolute atomic E-state index is 0.176. The molecule has 5 aromatic carbocycles. The van der Waals surface area contributed by atoms with Crippen molar-refractivity contribution in [2.24, 2.45) is 14.1 Å². The molecule has 17 rings (SSSR count). The first kappa shape index (κ1) is 84.6. The highest BCUT2D eigenvalue weighted by Gasteiger charge is 2.32. The highest BCUT2D eigenvalue weighted by atomic mass is 16.5. The zero-order valence-electron chi connectivity index (χ0n) is 67.7. The summed E-state index contributed by atoms with van der Waals surface area (Å²) >= 11 is 0. The quantitative estimate of drug-likeness (QED) is 0.0160. The lowest BCUT2D eigenvalue weighted by Gasteiger charge is -2.22. The summed E-state index contributed by atoms with van der Waals surface area (Å²) in [6.07, 6.45) is 17.1. The van der Waals surface area contributed by atoms with Gasteiger partial charge in [0, 0.05) is 116 Å². The lowest BCUT2D eigenvalue weighted by Crippen LogP contribution is -2.19. The van der Waals surface area contributed by atoms with Crippen molar-refractivity contribution >= 4 is 151 Å². The van der Waals surface area contributed by atoms with Crippen molar-refractivity contribution in [3.05, 3.63) is 260 Å². The number of aryl methyl sites for hydroxylation is 2. The molecule has 0 atom stereocenters. The highest BCUT2D eigenvalue weighted by Crippen LogP contribution is 2.36. The molecule has 0 aliphatic carbocycles. The predicted octanol–water partition coefficient (Wildman–Crippen LogP) is 10.9. The van der Waals surface area contributed by atoms with Crippen molar-refractivity contribution in [1.29, 1.82) is 0 Å². The normalized spacial score (nSPS) is 13.0. The van der Waals surface area contributed by atoms with E-state index in [1.807, 2.05) is 71.5 Å². The second-order valence-corrected chi connectivity index (χ2v) is 28.0. The summed E-state index contributed by atoms with van der Waals surface area (Å²) in [5, 5.41) is 57.0. The molecule has 39 heteroatoms. The van der Waals surface area contributed by atoms with Gasteiger partial charge in [-0.1, -0.05) is 50.6 Å². The molecular formula is C86H84N28O11. The minimum atomic E-state index is -0.302. The molecule has 5 aliphatic rings. The molecule has 8 amide bonds. The van der Waals surface area contributed by atoms with E-state index in [2.05, 4.69) is 156 Å². The molecule has 0 saturated carbocycles. The number of hydrogen-bond donors (Lipinski definition) is 15. The van der Waals surface area contributed by atoms with Crippen LogP contribution < -0.4 is 84.5 Å². The number of ether oxygens (including phenoxy) is 3. The summed E-state index contributed by atoms with van der Waals surface area (Å²) in [6.45, 7) is 17.6. The number of fused-ring (bicyclic) bond motifs is 4. The second-order valence-electron chi connectivity index (χ2n) is 28.0.